The van der Waals surface area contributed by atoms with E-state index in [-0.39, 0.29) is 6.10 Å². The lowest BCUT2D eigenvalue weighted by Crippen LogP contribution is -2.44. The van der Waals surface area contributed by atoms with Gasteiger partial charge in [-0.05, 0) is 44.7 Å². The van der Waals surface area contributed by atoms with Crippen LogP contribution >= 0.6 is 11.6 Å². The molecule has 1 aromatic carbocycles. The van der Waals surface area contributed by atoms with Crippen molar-refractivity contribution in [2.75, 3.05) is 54.0 Å². The minimum atomic E-state index is 0.0106. The van der Waals surface area contributed by atoms with E-state index in [2.05, 4.69) is 27.6 Å². The van der Waals surface area contributed by atoms with Gasteiger partial charge in [-0.25, -0.2) is 0 Å². The summed E-state index contributed by atoms with van der Waals surface area (Å²) in [5.74, 6) is 1.58. The first-order valence-corrected chi connectivity index (χ1v) is 8.97. The van der Waals surface area contributed by atoms with Crippen LogP contribution in [0, 0.1) is 0 Å². The van der Waals surface area contributed by atoms with Crippen LogP contribution in [0.2, 0.25) is 5.02 Å². The molecule has 142 valence electrons. The molecule has 0 aliphatic rings. The average Bonchev–Trinajstić information content (AvgIpc) is 2.60. The van der Waals surface area contributed by atoms with Gasteiger partial charge in [0.25, 0.3) is 0 Å². The SMILES string of the molecule is CN=C(NCCN(C)CCCOC)NCC(C)Oc1ccc(Cl)cc1. The van der Waals surface area contributed by atoms with E-state index in [1.165, 1.54) is 0 Å². The van der Waals surface area contributed by atoms with Gasteiger partial charge in [0.1, 0.15) is 11.9 Å². The molecule has 0 aliphatic heterocycles. The number of likely N-dealkylation sites (N-methyl/N-ethyl adjacent to an activating group) is 1. The largest absolute Gasteiger partial charge is 0.489 e. The second kappa shape index (κ2) is 12.8. The molecule has 0 spiro atoms. The third-order valence-corrected chi connectivity index (χ3v) is 3.86. The molecule has 7 heteroatoms. The van der Waals surface area contributed by atoms with Crippen molar-refractivity contribution in [2.45, 2.75) is 19.4 Å². The summed E-state index contributed by atoms with van der Waals surface area (Å²) < 4.78 is 10.9. The number of ether oxygens (including phenoxy) is 2. The van der Waals surface area contributed by atoms with Crippen molar-refractivity contribution in [1.82, 2.24) is 15.5 Å². The molecule has 0 bridgehead atoms. The third-order valence-electron chi connectivity index (χ3n) is 3.61. The quantitative estimate of drug-likeness (QED) is 0.355. The number of hydrogen-bond acceptors (Lipinski definition) is 4. The zero-order valence-electron chi connectivity index (χ0n) is 15.7. The monoisotopic (exact) mass is 370 g/mol. The van der Waals surface area contributed by atoms with E-state index in [1.54, 1.807) is 14.2 Å². The van der Waals surface area contributed by atoms with Gasteiger partial charge in [0, 0.05) is 45.4 Å². The highest BCUT2D eigenvalue weighted by molar-refractivity contribution is 6.30. The van der Waals surface area contributed by atoms with Gasteiger partial charge in [-0.3, -0.25) is 4.99 Å². The van der Waals surface area contributed by atoms with Crippen LogP contribution in [0.3, 0.4) is 0 Å². The minimum absolute atomic E-state index is 0.0106. The van der Waals surface area contributed by atoms with Gasteiger partial charge in [0.15, 0.2) is 5.96 Å². The van der Waals surface area contributed by atoms with Crippen LogP contribution in [0.4, 0.5) is 0 Å². The molecule has 0 radical (unpaired) electrons. The van der Waals surface area contributed by atoms with Crippen molar-refractivity contribution in [1.29, 1.82) is 0 Å². The lowest BCUT2D eigenvalue weighted by atomic mass is 10.3. The Morgan fingerprint density at radius 2 is 1.96 bits per heavy atom. The Morgan fingerprint density at radius 1 is 1.24 bits per heavy atom. The Kier molecular flexibility index (Phi) is 11.0. The minimum Gasteiger partial charge on any atom is -0.489 e. The van der Waals surface area contributed by atoms with Crippen molar-refractivity contribution in [3.05, 3.63) is 29.3 Å². The van der Waals surface area contributed by atoms with Crippen LogP contribution in [0.25, 0.3) is 0 Å². The summed E-state index contributed by atoms with van der Waals surface area (Å²) in [5.41, 5.74) is 0. The number of nitrogens with one attached hydrogen (secondary N) is 2. The standard InChI is InChI=1S/C18H31ClN4O2/c1-15(25-17-8-6-16(19)7-9-17)14-22-18(20-2)21-10-12-23(3)11-5-13-24-4/h6-9,15H,5,10-14H2,1-4H3,(H2,20,21,22). The predicted molar refractivity (Wildman–Crippen MR) is 105 cm³/mol. The maximum absolute atomic E-state index is 5.87. The number of rotatable bonds is 11. The van der Waals surface area contributed by atoms with E-state index in [9.17, 15) is 0 Å². The highest BCUT2D eigenvalue weighted by atomic mass is 35.5. The maximum atomic E-state index is 5.87. The van der Waals surface area contributed by atoms with Crippen molar-refractivity contribution in [3.63, 3.8) is 0 Å². The molecule has 0 amide bonds. The molecule has 0 fully saturated rings. The van der Waals surface area contributed by atoms with Crippen molar-refractivity contribution >= 4 is 17.6 Å². The fourth-order valence-electron chi connectivity index (χ4n) is 2.20. The number of methoxy groups -OCH3 is 1. The smallest absolute Gasteiger partial charge is 0.191 e. The summed E-state index contributed by atoms with van der Waals surface area (Å²) in [6.45, 7) is 6.27. The van der Waals surface area contributed by atoms with Gasteiger partial charge in [-0.1, -0.05) is 11.6 Å². The fraction of sp³-hybridized carbons (Fsp3) is 0.611. The van der Waals surface area contributed by atoms with Gasteiger partial charge in [0.2, 0.25) is 0 Å². The molecule has 0 saturated carbocycles. The zero-order valence-corrected chi connectivity index (χ0v) is 16.5. The van der Waals surface area contributed by atoms with E-state index in [0.717, 1.165) is 44.4 Å². The summed E-state index contributed by atoms with van der Waals surface area (Å²) in [7, 11) is 5.60. The van der Waals surface area contributed by atoms with Crippen LogP contribution in [0.15, 0.2) is 29.3 Å². The van der Waals surface area contributed by atoms with Gasteiger partial charge in [-0.2, -0.15) is 0 Å². The lowest BCUT2D eigenvalue weighted by molar-refractivity contribution is 0.180. The average molecular weight is 371 g/mol. The molecule has 0 aromatic heterocycles. The molecule has 6 nitrogen and oxygen atoms in total. The second-order valence-electron chi connectivity index (χ2n) is 5.91. The highest BCUT2D eigenvalue weighted by Gasteiger charge is 2.06. The molecule has 0 saturated heterocycles. The summed E-state index contributed by atoms with van der Waals surface area (Å²) in [6, 6.07) is 7.37. The van der Waals surface area contributed by atoms with Crippen LogP contribution in [-0.4, -0.2) is 71.0 Å². The van der Waals surface area contributed by atoms with E-state index >= 15 is 0 Å². The Morgan fingerprint density at radius 3 is 2.60 bits per heavy atom. The number of aliphatic imine (C=N–C) groups is 1. The molecule has 1 unspecified atom stereocenters. The molecule has 1 aromatic rings. The topological polar surface area (TPSA) is 58.1 Å². The first-order valence-electron chi connectivity index (χ1n) is 8.59. The Balaban J connectivity index is 2.21. The van der Waals surface area contributed by atoms with E-state index in [1.807, 2.05) is 31.2 Å². The summed E-state index contributed by atoms with van der Waals surface area (Å²) in [5, 5.41) is 7.29. The van der Waals surface area contributed by atoms with Crippen LogP contribution < -0.4 is 15.4 Å². The van der Waals surface area contributed by atoms with Gasteiger partial charge in [0.05, 0.1) is 6.54 Å². The summed E-state index contributed by atoms with van der Waals surface area (Å²) >= 11 is 5.87. The summed E-state index contributed by atoms with van der Waals surface area (Å²) in [6.07, 6.45) is 1.05. The van der Waals surface area contributed by atoms with E-state index in [0.29, 0.717) is 11.6 Å². The molecule has 1 atom stereocenters. The van der Waals surface area contributed by atoms with Gasteiger partial charge in [-0.15, -0.1) is 0 Å². The van der Waals surface area contributed by atoms with Crippen molar-refractivity contribution in [2.24, 2.45) is 4.99 Å². The highest BCUT2D eigenvalue weighted by Crippen LogP contribution is 2.16. The molecule has 0 heterocycles. The van der Waals surface area contributed by atoms with Crippen LogP contribution in [0.1, 0.15) is 13.3 Å². The number of benzene rings is 1. The molecule has 2 N–H and O–H groups in total. The normalized spacial score (nSPS) is 13.0. The summed E-state index contributed by atoms with van der Waals surface area (Å²) in [4.78, 5) is 6.50. The number of guanidine groups is 1. The third kappa shape index (κ3) is 10.2. The number of hydrogen-bond donors (Lipinski definition) is 2. The predicted octanol–water partition coefficient (Wildman–Crippen LogP) is 2.24. The molecular formula is C18H31ClN4O2. The number of nitrogens with zero attached hydrogens (tertiary/aromatic N) is 2. The molecule has 25 heavy (non-hydrogen) atoms. The first-order chi connectivity index (χ1) is 12.0. The molecular weight excluding hydrogens is 340 g/mol. The van der Waals surface area contributed by atoms with Crippen molar-refractivity contribution in [3.8, 4) is 5.75 Å². The maximum Gasteiger partial charge on any atom is 0.191 e. The number of halogens is 1. The van der Waals surface area contributed by atoms with E-state index < -0.39 is 0 Å². The first kappa shape index (κ1) is 21.5. The van der Waals surface area contributed by atoms with Crippen molar-refractivity contribution < 1.29 is 9.47 Å². The lowest BCUT2D eigenvalue weighted by Gasteiger charge is -2.20. The Bertz CT molecular complexity index is 496. The molecule has 1 rings (SSSR count). The molecule has 0 aliphatic carbocycles. The fourth-order valence-corrected chi connectivity index (χ4v) is 2.33. The zero-order chi connectivity index (χ0) is 18.5. The van der Waals surface area contributed by atoms with Crippen LogP contribution in [0.5, 0.6) is 5.75 Å². The second-order valence-corrected chi connectivity index (χ2v) is 6.35. The Hall–Kier alpha value is -1.50. The Labute approximate surface area is 156 Å². The van der Waals surface area contributed by atoms with E-state index in [4.69, 9.17) is 21.1 Å². The van der Waals surface area contributed by atoms with Gasteiger partial charge < -0.3 is 25.0 Å². The van der Waals surface area contributed by atoms with Crippen LogP contribution in [-0.2, 0) is 4.74 Å². The van der Waals surface area contributed by atoms with Gasteiger partial charge >= 0.3 is 0 Å².